The standard InChI is InChI=1S/C7H15NOS/c1-3-4-5-8-6(2)7(9)10/h6,8H,3-5H2,1-2H3,(H,9,10)/t6-/m0/s1. The molecule has 0 radical (unpaired) electrons. The van der Waals surface area contributed by atoms with Gasteiger partial charge in [0.25, 0.3) is 0 Å². The molecule has 10 heavy (non-hydrogen) atoms. The van der Waals surface area contributed by atoms with E-state index in [-0.39, 0.29) is 11.2 Å². The summed E-state index contributed by atoms with van der Waals surface area (Å²) >= 11 is 3.69. The molecule has 0 aliphatic heterocycles. The lowest BCUT2D eigenvalue weighted by Gasteiger charge is -2.07. The minimum absolute atomic E-state index is 0.0869. The average Bonchev–Trinajstić information content (AvgIpc) is 1.88. The lowest BCUT2D eigenvalue weighted by atomic mass is 10.3. The summed E-state index contributed by atoms with van der Waals surface area (Å²) in [5, 5.41) is 2.97. The van der Waals surface area contributed by atoms with Gasteiger partial charge in [-0.25, -0.2) is 0 Å². The molecule has 0 aliphatic carbocycles. The van der Waals surface area contributed by atoms with E-state index in [1.165, 1.54) is 0 Å². The van der Waals surface area contributed by atoms with Gasteiger partial charge in [-0.15, -0.1) is 12.6 Å². The molecule has 0 spiro atoms. The molecule has 0 aliphatic rings. The summed E-state index contributed by atoms with van der Waals surface area (Å²) in [7, 11) is 0. The third kappa shape index (κ3) is 4.82. The first kappa shape index (κ1) is 9.98. The van der Waals surface area contributed by atoms with Crippen molar-refractivity contribution >= 4 is 17.7 Å². The third-order valence-corrected chi connectivity index (χ3v) is 1.74. The number of hydrogen-bond donors (Lipinski definition) is 2. The maximum atomic E-state index is 10.5. The first-order valence-corrected chi connectivity index (χ1v) is 4.09. The van der Waals surface area contributed by atoms with Crippen LogP contribution in [0.1, 0.15) is 26.7 Å². The van der Waals surface area contributed by atoms with Crippen LogP contribution in [0.2, 0.25) is 0 Å². The fourth-order valence-electron chi connectivity index (χ4n) is 0.583. The number of carbonyl (C=O) groups excluding carboxylic acids is 1. The summed E-state index contributed by atoms with van der Waals surface area (Å²) in [5.41, 5.74) is 0. The second kappa shape index (κ2) is 5.74. The van der Waals surface area contributed by atoms with Crippen molar-refractivity contribution in [3.05, 3.63) is 0 Å². The van der Waals surface area contributed by atoms with Crippen LogP contribution < -0.4 is 5.32 Å². The highest BCUT2D eigenvalue weighted by atomic mass is 32.1. The molecular formula is C7H15NOS. The molecule has 3 heteroatoms. The van der Waals surface area contributed by atoms with Gasteiger partial charge >= 0.3 is 0 Å². The zero-order chi connectivity index (χ0) is 7.98. The number of carbonyl (C=O) groups is 1. The molecule has 0 aromatic heterocycles. The van der Waals surface area contributed by atoms with Gasteiger partial charge in [-0.2, -0.15) is 0 Å². The summed E-state index contributed by atoms with van der Waals surface area (Å²) < 4.78 is 0. The molecule has 1 atom stereocenters. The van der Waals surface area contributed by atoms with Gasteiger partial charge in [0.2, 0.25) is 5.12 Å². The normalized spacial score (nSPS) is 13.1. The Morgan fingerprint density at radius 2 is 2.30 bits per heavy atom. The molecule has 0 bridgehead atoms. The SMILES string of the molecule is CCCCN[C@@H](C)C(=O)S. The fraction of sp³-hybridized carbons (Fsp3) is 0.857. The van der Waals surface area contributed by atoms with E-state index in [1.807, 2.05) is 6.92 Å². The summed E-state index contributed by atoms with van der Waals surface area (Å²) in [6, 6.07) is -0.102. The van der Waals surface area contributed by atoms with Gasteiger partial charge in [-0.1, -0.05) is 13.3 Å². The Hall–Kier alpha value is -0.0200. The van der Waals surface area contributed by atoms with Crippen LogP contribution in [0.4, 0.5) is 0 Å². The van der Waals surface area contributed by atoms with Crippen molar-refractivity contribution in [2.24, 2.45) is 0 Å². The second-order valence-electron chi connectivity index (χ2n) is 2.37. The molecule has 0 saturated carbocycles. The molecule has 0 aromatic carbocycles. The van der Waals surface area contributed by atoms with Crippen LogP contribution in [0.5, 0.6) is 0 Å². The first-order valence-electron chi connectivity index (χ1n) is 3.64. The maximum Gasteiger partial charge on any atom is 0.202 e. The van der Waals surface area contributed by atoms with Gasteiger partial charge in [0, 0.05) is 0 Å². The van der Waals surface area contributed by atoms with Gasteiger partial charge < -0.3 is 5.32 Å². The molecule has 1 N–H and O–H groups in total. The smallest absolute Gasteiger partial charge is 0.202 e. The van der Waals surface area contributed by atoms with Crippen LogP contribution >= 0.6 is 12.6 Å². The lowest BCUT2D eigenvalue weighted by molar-refractivity contribution is -0.112. The number of rotatable bonds is 5. The van der Waals surface area contributed by atoms with E-state index in [4.69, 9.17) is 0 Å². The summed E-state index contributed by atoms with van der Waals surface area (Å²) in [4.78, 5) is 10.5. The Morgan fingerprint density at radius 1 is 1.70 bits per heavy atom. The van der Waals surface area contributed by atoms with Gasteiger partial charge in [0.05, 0.1) is 6.04 Å². The van der Waals surface area contributed by atoms with Gasteiger partial charge in [0.1, 0.15) is 0 Å². The van der Waals surface area contributed by atoms with E-state index < -0.39 is 0 Å². The summed E-state index contributed by atoms with van der Waals surface area (Å²) in [5.74, 6) is 0. The first-order chi connectivity index (χ1) is 4.68. The molecule has 2 nitrogen and oxygen atoms in total. The van der Waals surface area contributed by atoms with E-state index in [0.29, 0.717) is 0 Å². The molecular weight excluding hydrogens is 146 g/mol. The van der Waals surface area contributed by atoms with Crippen molar-refractivity contribution in [3.8, 4) is 0 Å². The summed E-state index contributed by atoms with van der Waals surface area (Å²) in [6.45, 7) is 4.85. The second-order valence-corrected chi connectivity index (χ2v) is 2.81. The third-order valence-electron chi connectivity index (χ3n) is 1.35. The largest absolute Gasteiger partial charge is 0.307 e. The Balaban J connectivity index is 3.21. The monoisotopic (exact) mass is 161 g/mol. The molecule has 0 fully saturated rings. The highest BCUT2D eigenvalue weighted by Gasteiger charge is 2.04. The number of unbranched alkanes of at least 4 members (excludes halogenated alkanes) is 1. The van der Waals surface area contributed by atoms with Crippen LogP contribution in [0.3, 0.4) is 0 Å². The van der Waals surface area contributed by atoms with Crippen LogP contribution in [-0.4, -0.2) is 17.7 Å². The molecule has 0 heterocycles. The van der Waals surface area contributed by atoms with Crippen molar-refractivity contribution in [2.75, 3.05) is 6.54 Å². The fourth-order valence-corrected chi connectivity index (χ4v) is 0.674. The molecule has 0 rings (SSSR count). The summed E-state index contributed by atoms with van der Waals surface area (Å²) in [6.07, 6.45) is 2.27. The van der Waals surface area contributed by atoms with Crippen molar-refractivity contribution in [1.29, 1.82) is 0 Å². The van der Waals surface area contributed by atoms with Crippen LogP contribution in [0.15, 0.2) is 0 Å². The highest BCUT2D eigenvalue weighted by Crippen LogP contribution is 1.90. The Morgan fingerprint density at radius 3 is 2.70 bits per heavy atom. The zero-order valence-electron chi connectivity index (χ0n) is 6.55. The van der Waals surface area contributed by atoms with Crippen LogP contribution in [0, 0.1) is 0 Å². The zero-order valence-corrected chi connectivity index (χ0v) is 7.45. The number of hydrogen-bond acceptors (Lipinski definition) is 2. The van der Waals surface area contributed by atoms with Crippen LogP contribution in [0.25, 0.3) is 0 Å². The topological polar surface area (TPSA) is 29.1 Å². The molecule has 0 saturated heterocycles. The van der Waals surface area contributed by atoms with E-state index >= 15 is 0 Å². The quantitative estimate of drug-likeness (QED) is 0.469. The van der Waals surface area contributed by atoms with Gasteiger partial charge in [-0.05, 0) is 19.9 Å². The van der Waals surface area contributed by atoms with E-state index in [1.54, 1.807) is 0 Å². The Labute approximate surface area is 67.8 Å². The minimum atomic E-state index is -0.102. The highest BCUT2D eigenvalue weighted by molar-refractivity contribution is 7.96. The van der Waals surface area contributed by atoms with E-state index in [2.05, 4.69) is 24.9 Å². The minimum Gasteiger partial charge on any atom is -0.307 e. The van der Waals surface area contributed by atoms with Crippen molar-refractivity contribution in [2.45, 2.75) is 32.7 Å². The molecule has 60 valence electrons. The van der Waals surface area contributed by atoms with Crippen molar-refractivity contribution in [1.82, 2.24) is 5.32 Å². The molecule has 0 unspecified atom stereocenters. The maximum absolute atomic E-state index is 10.5. The lowest BCUT2D eigenvalue weighted by Crippen LogP contribution is -2.31. The molecule has 0 amide bonds. The average molecular weight is 161 g/mol. The van der Waals surface area contributed by atoms with Crippen molar-refractivity contribution < 1.29 is 4.79 Å². The van der Waals surface area contributed by atoms with Gasteiger partial charge in [-0.3, -0.25) is 4.79 Å². The van der Waals surface area contributed by atoms with E-state index in [9.17, 15) is 4.79 Å². The number of nitrogens with one attached hydrogen (secondary N) is 1. The number of thiol groups is 1. The van der Waals surface area contributed by atoms with Crippen molar-refractivity contribution in [3.63, 3.8) is 0 Å². The van der Waals surface area contributed by atoms with Gasteiger partial charge in [0.15, 0.2) is 0 Å². The Bertz CT molecular complexity index is 106. The van der Waals surface area contributed by atoms with Crippen LogP contribution in [-0.2, 0) is 4.79 Å². The van der Waals surface area contributed by atoms with E-state index in [0.717, 1.165) is 19.4 Å². The molecule has 0 aromatic rings. The predicted octanol–water partition coefficient (Wildman–Crippen LogP) is 1.22. The Kier molecular flexibility index (Phi) is 5.73. The predicted molar refractivity (Wildman–Crippen MR) is 46.4 cm³/mol.